The fourth-order valence-electron chi connectivity index (χ4n) is 2.48. The van der Waals surface area contributed by atoms with Crippen molar-refractivity contribution < 1.29 is 8.42 Å². The van der Waals surface area contributed by atoms with Gasteiger partial charge < -0.3 is 10.6 Å². The van der Waals surface area contributed by atoms with Crippen molar-refractivity contribution in [3.8, 4) is 0 Å². The topological polar surface area (TPSA) is 61.4 Å². The fourth-order valence-corrected chi connectivity index (χ4v) is 3.96. The lowest BCUT2D eigenvalue weighted by molar-refractivity contribution is 0.594. The summed E-state index contributed by atoms with van der Waals surface area (Å²) in [7, 11) is -2.15. The predicted molar refractivity (Wildman–Crippen MR) is 115 cm³/mol. The third-order valence-corrected chi connectivity index (χ3v) is 5.89. The Morgan fingerprint density at radius 2 is 1.37 bits per heavy atom. The number of rotatable bonds is 5. The monoisotopic (exact) mass is 397 g/mol. The van der Waals surface area contributed by atoms with E-state index in [0.717, 1.165) is 5.69 Å². The van der Waals surface area contributed by atoms with Gasteiger partial charge in [-0.1, -0.05) is 42.5 Å². The number of hydrogen-bond acceptors (Lipinski definition) is 3. The van der Waals surface area contributed by atoms with Crippen molar-refractivity contribution in [2.24, 2.45) is 0 Å². The molecule has 0 atom stereocenters. The molecular formula is C20H19N3O2S2. The molecular weight excluding hydrogens is 378 g/mol. The molecule has 0 aromatic heterocycles. The second kappa shape index (κ2) is 8.20. The van der Waals surface area contributed by atoms with Crippen LogP contribution in [0.15, 0.2) is 89.8 Å². The van der Waals surface area contributed by atoms with Gasteiger partial charge in [-0.25, -0.2) is 8.42 Å². The zero-order valence-corrected chi connectivity index (χ0v) is 16.3. The number of benzene rings is 3. The molecule has 27 heavy (non-hydrogen) atoms. The molecule has 0 aliphatic rings. The molecule has 0 aliphatic carbocycles. The molecule has 0 spiro atoms. The van der Waals surface area contributed by atoms with Gasteiger partial charge in [0.1, 0.15) is 0 Å². The van der Waals surface area contributed by atoms with Gasteiger partial charge in [-0.2, -0.15) is 0 Å². The van der Waals surface area contributed by atoms with Crippen LogP contribution >= 0.6 is 12.2 Å². The van der Waals surface area contributed by atoms with Crippen molar-refractivity contribution >= 4 is 44.4 Å². The van der Waals surface area contributed by atoms with Crippen LogP contribution in [0.2, 0.25) is 0 Å². The molecule has 5 nitrogen and oxygen atoms in total. The maximum absolute atomic E-state index is 12.9. The molecule has 0 aliphatic heterocycles. The van der Waals surface area contributed by atoms with Gasteiger partial charge in [0.2, 0.25) is 0 Å². The summed E-state index contributed by atoms with van der Waals surface area (Å²) in [6.45, 7) is 0. The van der Waals surface area contributed by atoms with Crippen LogP contribution in [0.1, 0.15) is 0 Å². The normalized spacial score (nSPS) is 10.9. The van der Waals surface area contributed by atoms with Gasteiger partial charge in [-0.05, 0) is 54.7 Å². The van der Waals surface area contributed by atoms with Crippen LogP contribution in [0, 0.1) is 0 Å². The Kier molecular flexibility index (Phi) is 5.73. The highest BCUT2D eigenvalue weighted by atomic mass is 32.2. The molecule has 3 rings (SSSR count). The number of nitrogens with one attached hydrogen (secondary N) is 2. The summed E-state index contributed by atoms with van der Waals surface area (Å²) in [5, 5.41) is 6.46. The van der Waals surface area contributed by atoms with Gasteiger partial charge >= 0.3 is 0 Å². The van der Waals surface area contributed by atoms with E-state index in [1.807, 2.05) is 36.4 Å². The molecule has 0 fully saturated rings. The Morgan fingerprint density at radius 1 is 0.815 bits per heavy atom. The molecule has 2 N–H and O–H groups in total. The predicted octanol–water partition coefficient (Wildman–Crippen LogP) is 4.32. The fraction of sp³-hybridized carbons (Fsp3) is 0.0500. The lowest BCUT2D eigenvalue weighted by atomic mass is 10.3. The molecule has 3 aromatic rings. The van der Waals surface area contributed by atoms with E-state index in [1.165, 1.54) is 11.4 Å². The van der Waals surface area contributed by atoms with Gasteiger partial charge in [0, 0.05) is 18.4 Å². The first-order chi connectivity index (χ1) is 13.0. The second-order valence-corrected chi connectivity index (χ2v) is 8.16. The third kappa shape index (κ3) is 4.64. The Balaban J connectivity index is 1.77. The first-order valence-electron chi connectivity index (χ1n) is 8.24. The second-order valence-electron chi connectivity index (χ2n) is 5.78. The largest absolute Gasteiger partial charge is 0.332 e. The average molecular weight is 398 g/mol. The maximum atomic E-state index is 12.9. The van der Waals surface area contributed by atoms with E-state index in [9.17, 15) is 8.42 Å². The quantitative estimate of drug-likeness (QED) is 0.628. The van der Waals surface area contributed by atoms with Crippen molar-refractivity contribution in [2.75, 3.05) is 22.0 Å². The Labute approximate surface area is 164 Å². The molecule has 0 saturated heterocycles. The number of nitrogens with zero attached hydrogens (tertiary/aromatic N) is 1. The summed E-state index contributed by atoms with van der Waals surface area (Å²) >= 11 is 5.30. The lowest BCUT2D eigenvalue weighted by Crippen LogP contribution is -2.26. The zero-order chi connectivity index (χ0) is 19.3. The summed E-state index contributed by atoms with van der Waals surface area (Å²) in [4.78, 5) is 0.182. The van der Waals surface area contributed by atoms with E-state index in [-0.39, 0.29) is 4.90 Å². The maximum Gasteiger partial charge on any atom is 0.264 e. The number of para-hydroxylation sites is 2. The minimum Gasteiger partial charge on any atom is -0.332 e. The summed E-state index contributed by atoms with van der Waals surface area (Å²) in [6.07, 6.45) is 0. The molecule has 3 aromatic carbocycles. The molecule has 0 radical (unpaired) electrons. The lowest BCUT2D eigenvalue weighted by Gasteiger charge is -2.20. The number of anilines is 3. The van der Waals surface area contributed by atoms with Gasteiger partial charge in [-0.15, -0.1) is 0 Å². The minimum absolute atomic E-state index is 0.182. The minimum atomic E-state index is -3.68. The van der Waals surface area contributed by atoms with Gasteiger partial charge in [0.05, 0.1) is 10.6 Å². The highest BCUT2D eigenvalue weighted by molar-refractivity contribution is 7.92. The molecule has 0 saturated carbocycles. The SMILES string of the molecule is CN(c1ccccc1)S(=O)(=O)c1cccc(NC(=S)Nc2ccccc2)c1. The zero-order valence-electron chi connectivity index (χ0n) is 14.7. The summed E-state index contributed by atoms with van der Waals surface area (Å²) in [6, 6.07) is 25.0. The average Bonchev–Trinajstić information content (AvgIpc) is 2.69. The van der Waals surface area contributed by atoms with E-state index < -0.39 is 10.0 Å². The van der Waals surface area contributed by atoms with Gasteiger partial charge in [-0.3, -0.25) is 4.31 Å². The van der Waals surface area contributed by atoms with E-state index in [4.69, 9.17) is 12.2 Å². The van der Waals surface area contributed by atoms with E-state index in [0.29, 0.717) is 16.5 Å². The Morgan fingerprint density at radius 3 is 2.04 bits per heavy atom. The van der Waals surface area contributed by atoms with E-state index in [2.05, 4.69) is 10.6 Å². The van der Waals surface area contributed by atoms with Crippen LogP contribution in [0.5, 0.6) is 0 Å². The molecule has 7 heteroatoms. The first kappa shape index (κ1) is 18.9. The van der Waals surface area contributed by atoms with Crippen molar-refractivity contribution in [2.45, 2.75) is 4.90 Å². The van der Waals surface area contributed by atoms with Crippen molar-refractivity contribution in [3.63, 3.8) is 0 Å². The summed E-state index contributed by atoms with van der Waals surface area (Å²) < 4.78 is 27.1. The van der Waals surface area contributed by atoms with Crippen LogP contribution in [0.25, 0.3) is 0 Å². The number of hydrogen-bond donors (Lipinski definition) is 2. The number of thiocarbonyl (C=S) groups is 1. The number of sulfonamides is 1. The van der Waals surface area contributed by atoms with E-state index in [1.54, 1.807) is 48.5 Å². The highest BCUT2D eigenvalue weighted by Crippen LogP contribution is 2.23. The van der Waals surface area contributed by atoms with Crippen molar-refractivity contribution in [3.05, 3.63) is 84.9 Å². The Bertz CT molecular complexity index is 1020. The third-order valence-electron chi connectivity index (χ3n) is 3.90. The van der Waals surface area contributed by atoms with E-state index >= 15 is 0 Å². The van der Waals surface area contributed by atoms with Crippen LogP contribution in [-0.4, -0.2) is 20.6 Å². The van der Waals surface area contributed by atoms with Crippen molar-refractivity contribution in [1.29, 1.82) is 0 Å². The molecule has 0 heterocycles. The van der Waals surface area contributed by atoms with Crippen LogP contribution in [0.4, 0.5) is 17.1 Å². The smallest absolute Gasteiger partial charge is 0.264 e. The molecule has 0 unspecified atom stereocenters. The summed E-state index contributed by atoms with van der Waals surface area (Å²) in [5.74, 6) is 0. The van der Waals surface area contributed by atoms with Gasteiger partial charge in [0.25, 0.3) is 10.0 Å². The molecule has 0 bridgehead atoms. The van der Waals surface area contributed by atoms with Crippen molar-refractivity contribution in [1.82, 2.24) is 0 Å². The Hall–Kier alpha value is -2.90. The van der Waals surface area contributed by atoms with Crippen LogP contribution < -0.4 is 14.9 Å². The molecule has 138 valence electrons. The highest BCUT2D eigenvalue weighted by Gasteiger charge is 2.21. The summed E-state index contributed by atoms with van der Waals surface area (Å²) in [5.41, 5.74) is 2.03. The first-order valence-corrected chi connectivity index (χ1v) is 10.1. The molecule has 0 amide bonds. The van der Waals surface area contributed by atoms with Gasteiger partial charge in [0.15, 0.2) is 5.11 Å². The van der Waals surface area contributed by atoms with Crippen LogP contribution in [-0.2, 0) is 10.0 Å². The van der Waals surface area contributed by atoms with Crippen LogP contribution in [0.3, 0.4) is 0 Å². The standard InChI is InChI=1S/C20H19N3O2S2/c1-23(18-12-6-3-7-13-18)27(24,25)19-14-8-11-17(15-19)22-20(26)21-16-9-4-2-5-10-16/h2-15H,1H3,(H2,21,22,26).